The summed E-state index contributed by atoms with van der Waals surface area (Å²) in [7, 11) is -6.68. The summed E-state index contributed by atoms with van der Waals surface area (Å²) in [6, 6.07) is 0. The van der Waals surface area contributed by atoms with Crippen molar-refractivity contribution in [2.24, 2.45) is 23.2 Å². The average molecular weight is 530 g/mol. The van der Waals surface area contributed by atoms with Gasteiger partial charge in [0, 0.05) is 6.42 Å². The highest BCUT2D eigenvalue weighted by Crippen LogP contribution is 2.61. The van der Waals surface area contributed by atoms with Gasteiger partial charge in [-0.15, -0.1) is 0 Å². The highest BCUT2D eigenvalue weighted by molar-refractivity contribution is 7.87. The maximum absolute atomic E-state index is 13.7. The summed E-state index contributed by atoms with van der Waals surface area (Å²) in [5.74, 6) is -14.8. The Balaban J connectivity index is 1.82. The molecule has 1 atom stereocenters. The number of hydrogen-bond acceptors (Lipinski definition) is 6. The number of esters is 1. The molecular weight excluding hydrogens is 509 g/mol. The molecule has 0 heterocycles. The Hall–Kier alpha value is -1.68. The lowest BCUT2D eigenvalue weighted by Crippen LogP contribution is -2.61. The van der Waals surface area contributed by atoms with E-state index in [1.165, 1.54) is 0 Å². The number of ether oxygens (including phenoxy) is 2. The van der Waals surface area contributed by atoms with Gasteiger partial charge in [0.25, 0.3) is 0 Å². The van der Waals surface area contributed by atoms with Crippen LogP contribution < -0.4 is 0 Å². The fraction of sp³-hybridized carbons (Fsp3) is 0.889. The van der Waals surface area contributed by atoms with Crippen LogP contribution in [0.15, 0.2) is 0 Å². The largest absolute Gasteiger partial charge is 0.476 e. The average Bonchev–Trinajstić information content (AvgIpc) is 2.63. The third-order valence-electron chi connectivity index (χ3n) is 6.83. The van der Waals surface area contributed by atoms with Gasteiger partial charge in [0.05, 0.1) is 12.0 Å². The van der Waals surface area contributed by atoms with E-state index in [4.69, 9.17) is 4.55 Å². The Morgan fingerprint density at radius 3 is 1.71 bits per heavy atom. The Morgan fingerprint density at radius 2 is 1.35 bits per heavy atom. The number of alkyl halides is 7. The van der Waals surface area contributed by atoms with Crippen LogP contribution in [0.4, 0.5) is 30.7 Å². The molecule has 0 radical (unpaired) electrons. The molecule has 0 aromatic carbocycles. The van der Waals surface area contributed by atoms with E-state index >= 15 is 0 Å². The second-order valence-electron chi connectivity index (χ2n) is 9.30. The molecule has 4 saturated carbocycles. The molecule has 0 aromatic heterocycles. The fourth-order valence-corrected chi connectivity index (χ4v) is 6.13. The van der Waals surface area contributed by atoms with E-state index in [-0.39, 0.29) is 37.0 Å². The van der Waals surface area contributed by atoms with Gasteiger partial charge in [-0.3, -0.25) is 9.35 Å². The van der Waals surface area contributed by atoms with E-state index in [0.717, 1.165) is 19.3 Å². The minimum atomic E-state index is -6.68. The Kier molecular flexibility index (Phi) is 6.48. The summed E-state index contributed by atoms with van der Waals surface area (Å²) in [6.45, 7) is -2.11. The number of hydrogen-bond donors (Lipinski definition) is 2. The molecule has 0 aromatic rings. The number of halogens is 7. The van der Waals surface area contributed by atoms with Crippen LogP contribution in [-0.4, -0.2) is 59.8 Å². The minimum Gasteiger partial charge on any atom is -0.476 e. The molecule has 4 fully saturated rings. The van der Waals surface area contributed by atoms with E-state index in [9.17, 15) is 53.8 Å². The molecule has 0 saturated heterocycles. The molecule has 16 heteroatoms. The van der Waals surface area contributed by atoms with Crippen molar-refractivity contribution in [3.63, 3.8) is 0 Å². The fourth-order valence-electron chi connectivity index (χ4n) is 5.65. The Morgan fingerprint density at radius 1 is 0.912 bits per heavy atom. The molecule has 4 aliphatic carbocycles. The lowest BCUT2D eigenvalue weighted by molar-refractivity contribution is -0.360. The summed E-state index contributed by atoms with van der Waals surface area (Å²) in [4.78, 5) is 24.4. The van der Waals surface area contributed by atoms with Gasteiger partial charge >= 0.3 is 45.2 Å². The number of carboxylic acid groups (broad SMARTS) is 1. The zero-order valence-corrected chi connectivity index (χ0v) is 18.1. The molecule has 1 unspecified atom stereocenters. The van der Waals surface area contributed by atoms with E-state index in [1.54, 1.807) is 0 Å². The normalized spacial score (nSPS) is 31.2. The summed E-state index contributed by atoms with van der Waals surface area (Å²) in [6.07, 6.45) is -5.70. The first kappa shape index (κ1) is 26.9. The van der Waals surface area contributed by atoms with Crippen LogP contribution in [0.25, 0.3) is 0 Å². The van der Waals surface area contributed by atoms with Gasteiger partial charge in [0.2, 0.25) is 0 Å². The molecule has 196 valence electrons. The highest BCUT2D eigenvalue weighted by atomic mass is 32.2. The van der Waals surface area contributed by atoms with Crippen LogP contribution in [-0.2, 0) is 29.2 Å². The second-order valence-corrected chi connectivity index (χ2v) is 10.8. The third-order valence-corrected chi connectivity index (χ3v) is 7.78. The van der Waals surface area contributed by atoms with Crippen molar-refractivity contribution in [1.82, 2.24) is 0 Å². The number of carbonyl (C=O) groups excluding carboxylic acids is 1. The summed E-state index contributed by atoms with van der Waals surface area (Å²) >= 11 is 0. The van der Waals surface area contributed by atoms with Crippen molar-refractivity contribution in [1.29, 1.82) is 0 Å². The van der Waals surface area contributed by atoms with Crippen molar-refractivity contribution in [2.75, 3.05) is 6.61 Å². The summed E-state index contributed by atoms with van der Waals surface area (Å²) < 4.78 is 133. The minimum absolute atomic E-state index is 0.0335. The maximum atomic E-state index is 13.7. The van der Waals surface area contributed by atoms with Crippen LogP contribution in [0.2, 0.25) is 0 Å². The predicted molar refractivity (Wildman–Crippen MR) is 95.1 cm³/mol. The molecule has 0 amide bonds. The molecule has 0 spiro atoms. The molecule has 4 bridgehead atoms. The van der Waals surface area contributed by atoms with Crippen molar-refractivity contribution < 1.29 is 67.9 Å². The van der Waals surface area contributed by atoms with Gasteiger partial charge in [-0.1, -0.05) is 0 Å². The summed E-state index contributed by atoms with van der Waals surface area (Å²) in [5.41, 5.74) is -1.41. The lowest BCUT2D eigenvalue weighted by Gasteiger charge is -2.55. The van der Waals surface area contributed by atoms with Gasteiger partial charge in [-0.25, -0.2) is 4.79 Å². The zero-order valence-electron chi connectivity index (χ0n) is 17.3. The van der Waals surface area contributed by atoms with Crippen molar-refractivity contribution >= 4 is 22.1 Å². The van der Waals surface area contributed by atoms with E-state index in [1.807, 2.05) is 0 Å². The van der Waals surface area contributed by atoms with Crippen LogP contribution in [0.1, 0.15) is 44.9 Å². The van der Waals surface area contributed by atoms with Crippen molar-refractivity contribution in [3.05, 3.63) is 0 Å². The zero-order chi connectivity index (χ0) is 26.0. The Labute approximate surface area is 188 Å². The van der Waals surface area contributed by atoms with E-state index in [0.29, 0.717) is 0 Å². The number of rotatable bonds is 9. The van der Waals surface area contributed by atoms with Gasteiger partial charge < -0.3 is 14.6 Å². The van der Waals surface area contributed by atoms with Gasteiger partial charge in [-0.05, 0) is 56.3 Å². The van der Waals surface area contributed by atoms with Crippen molar-refractivity contribution in [2.45, 2.75) is 68.1 Å². The number of carbonyl (C=O) groups is 2. The standard InChI is InChI=1S/C18H21F7O8S/c19-15(20,18(24,25)34(29,30)31)1-2-32-16(12(26)27,17(21,22)23)33-13(28)14-6-9-3-10(7-14)5-11(4-9)8-14/h9-11H,1-8H2,(H,26,27)(H,29,30,31). The van der Waals surface area contributed by atoms with Crippen LogP contribution in [0, 0.1) is 23.2 Å². The van der Waals surface area contributed by atoms with Gasteiger partial charge in [0.1, 0.15) is 0 Å². The van der Waals surface area contributed by atoms with Gasteiger partial charge in [0.15, 0.2) is 0 Å². The van der Waals surface area contributed by atoms with Gasteiger partial charge in [-0.2, -0.15) is 39.2 Å². The molecule has 4 rings (SSSR count). The monoisotopic (exact) mass is 530 g/mol. The lowest BCUT2D eigenvalue weighted by atomic mass is 9.49. The molecule has 2 N–H and O–H groups in total. The summed E-state index contributed by atoms with van der Waals surface area (Å²) in [5, 5.41) is 3.11. The van der Waals surface area contributed by atoms with E-state index in [2.05, 4.69) is 9.47 Å². The van der Waals surface area contributed by atoms with Crippen molar-refractivity contribution in [3.8, 4) is 0 Å². The molecular formula is C18H21F7O8S. The SMILES string of the molecule is O=C(OC(OCCC(F)(F)C(F)(F)S(=O)(=O)O)(C(=O)O)C(F)(F)F)C12CC3CC(CC(C3)C1)C2. The first-order valence-electron chi connectivity index (χ1n) is 10.2. The molecule has 0 aliphatic heterocycles. The Bertz CT molecular complexity index is 913. The second kappa shape index (κ2) is 8.18. The van der Waals surface area contributed by atoms with Crippen LogP contribution >= 0.6 is 0 Å². The van der Waals surface area contributed by atoms with E-state index < -0.39 is 63.6 Å². The smallest absolute Gasteiger partial charge is 0.468 e. The number of aliphatic carboxylic acids is 1. The first-order chi connectivity index (χ1) is 15.3. The first-order valence-corrected chi connectivity index (χ1v) is 11.6. The highest BCUT2D eigenvalue weighted by Gasteiger charge is 2.70. The molecule has 8 nitrogen and oxygen atoms in total. The quantitative estimate of drug-likeness (QED) is 0.200. The maximum Gasteiger partial charge on any atom is 0.468 e. The molecule has 4 aliphatic rings. The topological polar surface area (TPSA) is 127 Å². The third kappa shape index (κ3) is 4.36. The van der Waals surface area contributed by atoms with Crippen LogP contribution in [0.5, 0.6) is 0 Å². The molecule has 34 heavy (non-hydrogen) atoms. The van der Waals surface area contributed by atoms with Crippen LogP contribution in [0.3, 0.4) is 0 Å². The number of carboxylic acids is 1. The predicted octanol–water partition coefficient (Wildman–Crippen LogP) is 3.61.